The lowest BCUT2D eigenvalue weighted by atomic mass is 9.75. The van der Waals surface area contributed by atoms with E-state index in [2.05, 4.69) is 35.6 Å². The van der Waals surface area contributed by atoms with Gasteiger partial charge in [-0.1, -0.05) is 36.4 Å². The molecule has 3 atom stereocenters. The van der Waals surface area contributed by atoms with Crippen LogP contribution in [0, 0.1) is 0 Å². The van der Waals surface area contributed by atoms with Gasteiger partial charge < -0.3 is 10.4 Å². The molecule has 1 aliphatic rings. The van der Waals surface area contributed by atoms with Gasteiger partial charge in [-0.2, -0.15) is 0 Å². The second-order valence-corrected chi connectivity index (χ2v) is 6.78. The Kier molecular flexibility index (Phi) is 3.92. The van der Waals surface area contributed by atoms with E-state index in [1.165, 1.54) is 18.4 Å². The molecule has 0 bridgehead atoms. The highest BCUT2D eigenvalue weighted by Gasteiger charge is 2.34. The Labute approximate surface area is 124 Å². The first-order chi connectivity index (χ1) is 9.67. The van der Waals surface area contributed by atoms with Crippen molar-refractivity contribution in [2.75, 3.05) is 6.54 Å². The molecular weight excluding hydrogens is 266 g/mol. The average Bonchev–Trinajstić information content (AvgIpc) is 2.93. The van der Waals surface area contributed by atoms with Crippen LogP contribution in [0.1, 0.15) is 36.1 Å². The summed E-state index contributed by atoms with van der Waals surface area (Å²) < 4.78 is 0. The van der Waals surface area contributed by atoms with Gasteiger partial charge in [-0.15, -0.1) is 11.3 Å². The molecule has 2 N–H and O–H groups in total. The summed E-state index contributed by atoms with van der Waals surface area (Å²) in [7, 11) is 0. The van der Waals surface area contributed by atoms with E-state index in [0.29, 0.717) is 18.5 Å². The topological polar surface area (TPSA) is 32.3 Å². The van der Waals surface area contributed by atoms with Gasteiger partial charge >= 0.3 is 0 Å². The van der Waals surface area contributed by atoms with E-state index in [1.54, 1.807) is 11.3 Å². The summed E-state index contributed by atoms with van der Waals surface area (Å²) in [6, 6.07) is 15.2. The number of nitrogens with one attached hydrogen (secondary N) is 1. The molecule has 3 heteroatoms. The summed E-state index contributed by atoms with van der Waals surface area (Å²) in [6.45, 7) is 2.50. The Bertz CT molecular complexity index is 535. The maximum atomic E-state index is 10.5. The molecule has 3 rings (SSSR count). The number of hydrogen-bond donors (Lipinski definition) is 2. The summed E-state index contributed by atoms with van der Waals surface area (Å²) in [5.41, 5.74) is 0.636. The van der Waals surface area contributed by atoms with Crippen molar-refractivity contribution < 1.29 is 5.11 Å². The van der Waals surface area contributed by atoms with Gasteiger partial charge in [0.05, 0.1) is 0 Å². The fourth-order valence-electron chi connectivity index (χ4n) is 2.85. The number of hydrogen-bond acceptors (Lipinski definition) is 3. The number of aliphatic hydroxyl groups is 1. The second-order valence-electron chi connectivity index (χ2n) is 5.83. The van der Waals surface area contributed by atoms with Crippen LogP contribution in [0.3, 0.4) is 0 Å². The molecule has 1 aromatic heterocycles. The van der Waals surface area contributed by atoms with E-state index in [-0.39, 0.29) is 0 Å². The summed E-state index contributed by atoms with van der Waals surface area (Å²) in [6.07, 6.45) is 2.43. The van der Waals surface area contributed by atoms with E-state index in [9.17, 15) is 5.11 Å². The Balaban J connectivity index is 1.59. The predicted octanol–water partition coefficient (Wildman–Crippen LogP) is 3.49. The smallest absolute Gasteiger partial charge is 0.108 e. The average molecular weight is 287 g/mol. The predicted molar refractivity (Wildman–Crippen MR) is 84.1 cm³/mol. The molecule has 1 aliphatic carbocycles. The van der Waals surface area contributed by atoms with Gasteiger partial charge in [0.2, 0.25) is 0 Å². The SMILES string of the molecule is CC(O)(CNC1CCC1c1ccccc1)c1cccs1. The third kappa shape index (κ3) is 2.80. The third-order valence-corrected chi connectivity index (χ3v) is 5.39. The molecule has 0 saturated heterocycles. The second kappa shape index (κ2) is 5.68. The Morgan fingerprint density at radius 1 is 1.20 bits per heavy atom. The van der Waals surface area contributed by atoms with E-state index in [4.69, 9.17) is 0 Å². The van der Waals surface area contributed by atoms with Gasteiger partial charge in [0, 0.05) is 17.5 Å². The van der Waals surface area contributed by atoms with Crippen LogP contribution >= 0.6 is 11.3 Å². The van der Waals surface area contributed by atoms with Gasteiger partial charge in [0.15, 0.2) is 0 Å². The molecular formula is C17H21NOS. The molecule has 0 radical (unpaired) electrons. The van der Waals surface area contributed by atoms with Crippen molar-refractivity contribution in [3.8, 4) is 0 Å². The molecule has 0 amide bonds. The third-order valence-electron chi connectivity index (χ3n) is 4.26. The fraction of sp³-hybridized carbons (Fsp3) is 0.412. The van der Waals surface area contributed by atoms with Crippen molar-refractivity contribution in [2.24, 2.45) is 0 Å². The van der Waals surface area contributed by atoms with Crippen LogP contribution in [-0.4, -0.2) is 17.7 Å². The maximum absolute atomic E-state index is 10.5. The molecule has 1 aromatic carbocycles. The Morgan fingerprint density at radius 3 is 2.60 bits per heavy atom. The van der Waals surface area contributed by atoms with E-state index < -0.39 is 5.60 Å². The lowest BCUT2D eigenvalue weighted by Crippen LogP contribution is -2.47. The zero-order chi connectivity index (χ0) is 14.0. The maximum Gasteiger partial charge on any atom is 0.108 e. The molecule has 106 valence electrons. The first-order valence-electron chi connectivity index (χ1n) is 7.21. The van der Waals surface area contributed by atoms with Gasteiger partial charge in [-0.05, 0) is 42.7 Å². The van der Waals surface area contributed by atoms with Crippen LogP contribution in [0.2, 0.25) is 0 Å². The summed E-state index contributed by atoms with van der Waals surface area (Å²) in [5.74, 6) is 0.593. The van der Waals surface area contributed by atoms with Gasteiger partial charge in [0.1, 0.15) is 5.60 Å². The van der Waals surface area contributed by atoms with E-state index in [1.807, 2.05) is 24.4 Å². The zero-order valence-electron chi connectivity index (χ0n) is 11.8. The van der Waals surface area contributed by atoms with Crippen molar-refractivity contribution in [3.05, 3.63) is 58.3 Å². The molecule has 1 saturated carbocycles. The van der Waals surface area contributed by atoms with Gasteiger partial charge in [0.25, 0.3) is 0 Å². The molecule has 0 aliphatic heterocycles. The fourth-order valence-corrected chi connectivity index (χ4v) is 3.63. The molecule has 1 heterocycles. The normalized spacial score (nSPS) is 24.9. The molecule has 2 nitrogen and oxygen atoms in total. The van der Waals surface area contributed by atoms with Gasteiger partial charge in [-0.25, -0.2) is 0 Å². The highest BCUT2D eigenvalue weighted by Crippen LogP contribution is 2.37. The Morgan fingerprint density at radius 2 is 2.00 bits per heavy atom. The standard InChI is InChI=1S/C17H21NOS/c1-17(19,16-8-5-11-20-16)12-18-15-10-9-14(15)13-6-3-2-4-7-13/h2-8,11,14-15,18-19H,9-10,12H2,1H3. The van der Waals surface area contributed by atoms with Crippen molar-refractivity contribution in [1.29, 1.82) is 0 Å². The Hall–Kier alpha value is -1.16. The van der Waals surface area contributed by atoms with Gasteiger partial charge in [-0.3, -0.25) is 0 Å². The summed E-state index contributed by atoms with van der Waals surface area (Å²) in [5, 5.41) is 16.1. The molecule has 20 heavy (non-hydrogen) atoms. The first-order valence-corrected chi connectivity index (χ1v) is 8.09. The first kappa shape index (κ1) is 13.8. The summed E-state index contributed by atoms with van der Waals surface area (Å²) >= 11 is 1.61. The van der Waals surface area contributed by atoms with Crippen LogP contribution in [-0.2, 0) is 5.60 Å². The van der Waals surface area contributed by atoms with Crippen molar-refractivity contribution >= 4 is 11.3 Å². The van der Waals surface area contributed by atoms with Crippen LogP contribution < -0.4 is 5.32 Å². The lowest BCUT2D eigenvalue weighted by molar-refractivity contribution is 0.0519. The van der Waals surface area contributed by atoms with Crippen LogP contribution in [0.15, 0.2) is 47.8 Å². The molecule has 0 spiro atoms. The van der Waals surface area contributed by atoms with Crippen LogP contribution in [0.25, 0.3) is 0 Å². The minimum Gasteiger partial charge on any atom is -0.383 e. The quantitative estimate of drug-likeness (QED) is 0.882. The highest BCUT2D eigenvalue weighted by atomic mass is 32.1. The molecule has 1 fully saturated rings. The van der Waals surface area contributed by atoms with E-state index in [0.717, 1.165) is 4.88 Å². The minimum atomic E-state index is -0.773. The monoisotopic (exact) mass is 287 g/mol. The largest absolute Gasteiger partial charge is 0.383 e. The number of thiophene rings is 1. The molecule has 2 aromatic rings. The summed E-state index contributed by atoms with van der Waals surface area (Å²) in [4.78, 5) is 1.03. The van der Waals surface area contributed by atoms with Crippen molar-refractivity contribution in [3.63, 3.8) is 0 Å². The zero-order valence-corrected chi connectivity index (χ0v) is 12.6. The van der Waals surface area contributed by atoms with Crippen LogP contribution in [0.4, 0.5) is 0 Å². The molecule has 3 unspecified atom stereocenters. The van der Waals surface area contributed by atoms with E-state index >= 15 is 0 Å². The minimum absolute atomic E-state index is 0.490. The highest BCUT2D eigenvalue weighted by molar-refractivity contribution is 7.10. The van der Waals surface area contributed by atoms with Crippen molar-refractivity contribution in [2.45, 2.75) is 37.3 Å². The van der Waals surface area contributed by atoms with Crippen molar-refractivity contribution in [1.82, 2.24) is 5.32 Å². The van der Waals surface area contributed by atoms with Crippen LogP contribution in [0.5, 0.6) is 0 Å². The number of rotatable bonds is 5. The lowest BCUT2D eigenvalue weighted by Gasteiger charge is -2.39. The number of benzene rings is 1.